The highest BCUT2D eigenvalue weighted by atomic mass is 31.2. The number of aliphatic hydroxyl groups is 1. The van der Waals surface area contributed by atoms with E-state index in [4.69, 9.17) is 37.0 Å². The van der Waals surface area contributed by atoms with Gasteiger partial charge < -0.3 is 33.8 Å². The van der Waals surface area contributed by atoms with Crippen LogP contribution in [0.5, 0.6) is 0 Å². The summed E-state index contributed by atoms with van der Waals surface area (Å²) in [5.74, 6) is 0.936. The maximum absolute atomic E-state index is 13.1. The molecule has 93 heavy (non-hydrogen) atoms. The quantitative estimate of drug-likeness (QED) is 0.0222. The predicted molar refractivity (Wildman–Crippen MR) is 377 cm³/mol. The normalized spacial score (nSPS) is 14.5. The predicted octanol–water partition coefficient (Wildman–Crippen LogP) is 21.3. The van der Waals surface area contributed by atoms with E-state index in [1.165, 1.54) is 173 Å². The second-order valence-electron chi connectivity index (χ2n) is 28.4. The molecule has 552 valence electrons. The second-order valence-corrected chi connectivity index (χ2v) is 31.3. The van der Waals surface area contributed by atoms with Crippen molar-refractivity contribution in [1.82, 2.24) is 0 Å². The molecule has 0 fully saturated rings. The van der Waals surface area contributed by atoms with Gasteiger partial charge in [0.15, 0.2) is 12.2 Å². The molecule has 0 aliphatic carbocycles. The van der Waals surface area contributed by atoms with E-state index in [2.05, 4.69) is 55.4 Å². The number of phosphoric ester groups is 2. The number of unbranched alkanes of at least 4 members (excludes halogenated alkanes) is 36. The zero-order valence-electron chi connectivity index (χ0n) is 60.9. The van der Waals surface area contributed by atoms with Crippen LogP contribution in [-0.4, -0.2) is 96.7 Å². The Balaban J connectivity index is 5.27. The number of hydrogen-bond acceptors (Lipinski definition) is 15. The molecule has 0 aromatic carbocycles. The van der Waals surface area contributed by atoms with Crippen LogP contribution in [0.2, 0.25) is 0 Å². The van der Waals surface area contributed by atoms with Crippen LogP contribution in [-0.2, 0) is 65.4 Å². The monoisotopic (exact) mass is 1370 g/mol. The standard InChI is InChI=1S/C74H144O17P2/c1-9-67(8)53-45-37-29-24-25-31-39-47-55-72(77)85-61-70(91-74(79)57-49-41-33-23-17-20-28-36-44-52-66(6)7)63-89-93(82,83)87-59-68(75)58-86-92(80,81)88-62-69(60-84-71(76)54-46-38-30-21-16-15-19-27-35-43-51-65(4)5)90-73(78)56-48-40-32-22-14-12-10-11-13-18-26-34-42-50-64(2)3/h64-70,75H,9-63H2,1-8H3,(H,80,81)(H,82,83)/t67?,68-,69-,70-/m1/s1. The lowest BCUT2D eigenvalue weighted by atomic mass is 9.99. The van der Waals surface area contributed by atoms with E-state index in [-0.39, 0.29) is 25.7 Å². The van der Waals surface area contributed by atoms with E-state index >= 15 is 0 Å². The molecule has 0 aromatic heterocycles. The lowest BCUT2D eigenvalue weighted by molar-refractivity contribution is -0.161. The van der Waals surface area contributed by atoms with Gasteiger partial charge in [-0.1, -0.05) is 319 Å². The number of aliphatic hydroxyl groups excluding tert-OH is 1. The first-order valence-corrected chi connectivity index (χ1v) is 41.2. The van der Waals surface area contributed by atoms with Crippen molar-refractivity contribution in [2.24, 2.45) is 23.7 Å². The minimum absolute atomic E-state index is 0.104. The summed E-state index contributed by atoms with van der Waals surface area (Å²) in [5.41, 5.74) is 0. The van der Waals surface area contributed by atoms with Gasteiger partial charge in [-0.2, -0.15) is 0 Å². The molecule has 0 bridgehead atoms. The first-order valence-electron chi connectivity index (χ1n) is 38.2. The number of carbonyl (C=O) groups is 4. The van der Waals surface area contributed by atoms with Crippen LogP contribution in [0.1, 0.15) is 370 Å². The average Bonchev–Trinajstić information content (AvgIpc) is 3.70. The zero-order chi connectivity index (χ0) is 68.9. The molecule has 0 spiro atoms. The largest absolute Gasteiger partial charge is 0.472 e. The van der Waals surface area contributed by atoms with Gasteiger partial charge in [0.2, 0.25) is 0 Å². The van der Waals surface area contributed by atoms with Crippen molar-refractivity contribution >= 4 is 39.5 Å². The van der Waals surface area contributed by atoms with E-state index < -0.39 is 97.5 Å². The van der Waals surface area contributed by atoms with Gasteiger partial charge in [-0.05, 0) is 49.4 Å². The molecule has 0 aliphatic heterocycles. The Morgan fingerprint density at radius 2 is 0.516 bits per heavy atom. The summed E-state index contributed by atoms with van der Waals surface area (Å²) < 4.78 is 68.5. The van der Waals surface area contributed by atoms with E-state index in [1.807, 2.05) is 0 Å². The van der Waals surface area contributed by atoms with E-state index in [0.29, 0.717) is 25.7 Å². The number of hydrogen-bond donors (Lipinski definition) is 3. The topological polar surface area (TPSA) is 237 Å². The lowest BCUT2D eigenvalue weighted by Gasteiger charge is -2.21. The highest BCUT2D eigenvalue weighted by Gasteiger charge is 2.30. The summed E-state index contributed by atoms with van der Waals surface area (Å²) in [6.07, 6.45) is 47.1. The lowest BCUT2D eigenvalue weighted by Crippen LogP contribution is -2.30. The minimum Gasteiger partial charge on any atom is -0.462 e. The summed E-state index contributed by atoms with van der Waals surface area (Å²) >= 11 is 0. The van der Waals surface area contributed by atoms with Crippen molar-refractivity contribution in [2.45, 2.75) is 388 Å². The first kappa shape index (κ1) is 91.1. The third-order valence-corrected chi connectivity index (χ3v) is 19.3. The molecule has 17 nitrogen and oxygen atoms in total. The van der Waals surface area contributed by atoms with Gasteiger partial charge in [0, 0.05) is 25.7 Å². The van der Waals surface area contributed by atoms with Crippen LogP contribution in [0.15, 0.2) is 0 Å². The fourth-order valence-electron chi connectivity index (χ4n) is 11.2. The summed E-state index contributed by atoms with van der Waals surface area (Å²) in [6, 6.07) is 0. The van der Waals surface area contributed by atoms with Gasteiger partial charge in [0.25, 0.3) is 0 Å². The van der Waals surface area contributed by atoms with Crippen LogP contribution in [0.25, 0.3) is 0 Å². The van der Waals surface area contributed by atoms with Gasteiger partial charge in [-0.25, -0.2) is 9.13 Å². The second kappa shape index (κ2) is 63.5. The van der Waals surface area contributed by atoms with Gasteiger partial charge in [0.05, 0.1) is 26.4 Å². The molecule has 0 heterocycles. The SMILES string of the molecule is CCC(C)CCCCCCCCCCC(=O)OC[C@H](COP(=O)(O)OC[C@H](O)COP(=O)(O)OC[C@@H](COC(=O)CCCCCCCCCCCCC(C)C)OC(=O)CCCCCCCCCCCCCCCC(C)C)OC(=O)CCCCCCCCCCCC(C)C. The zero-order valence-corrected chi connectivity index (χ0v) is 62.7. The molecular formula is C74H144O17P2. The van der Waals surface area contributed by atoms with Crippen LogP contribution in [0, 0.1) is 23.7 Å². The van der Waals surface area contributed by atoms with Crippen LogP contribution in [0.3, 0.4) is 0 Å². The Bertz CT molecular complexity index is 1840. The van der Waals surface area contributed by atoms with E-state index in [0.717, 1.165) is 114 Å². The highest BCUT2D eigenvalue weighted by molar-refractivity contribution is 7.47. The Morgan fingerprint density at radius 1 is 0.301 bits per heavy atom. The summed E-state index contributed by atoms with van der Waals surface area (Å²) in [4.78, 5) is 72.8. The fraction of sp³-hybridized carbons (Fsp3) is 0.946. The minimum atomic E-state index is -4.96. The van der Waals surface area contributed by atoms with Crippen molar-refractivity contribution in [3.05, 3.63) is 0 Å². The Kier molecular flexibility index (Phi) is 62.2. The molecule has 0 saturated carbocycles. The van der Waals surface area contributed by atoms with Crippen LogP contribution in [0.4, 0.5) is 0 Å². The van der Waals surface area contributed by atoms with Crippen molar-refractivity contribution in [3.8, 4) is 0 Å². The van der Waals surface area contributed by atoms with Crippen molar-refractivity contribution in [3.63, 3.8) is 0 Å². The highest BCUT2D eigenvalue weighted by Crippen LogP contribution is 2.45. The smallest absolute Gasteiger partial charge is 0.462 e. The van der Waals surface area contributed by atoms with Gasteiger partial charge in [0.1, 0.15) is 19.3 Å². The molecule has 0 rings (SSSR count). The fourth-order valence-corrected chi connectivity index (χ4v) is 12.7. The Morgan fingerprint density at radius 3 is 0.763 bits per heavy atom. The molecule has 3 N–H and O–H groups in total. The summed E-state index contributed by atoms with van der Waals surface area (Å²) in [5, 5.41) is 10.6. The van der Waals surface area contributed by atoms with Crippen molar-refractivity contribution in [1.29, 1.82) is 0 Å². The van der Waals surface area contributed by atoms with Crippen LogP contribution >= 0.6 is 15.6 Å². The maximum atomic E-state index is 13.1. The summed E-state index contributed by atoms with van der Waals surface area (Å²) in [6.45, 7) is 14.2. The molecule has 0 aliphatic rings. The van der Waals surface area contributed by atoms with E-state index in [1.54, 1.807) is 0 Å². The molecule has 19 heteroatoms. The first-order chi connectivity index (χ1) is 44.6. The molecule has 0 aromatic rings. The summed E-state index contributed by atoms with van der Waals surface area (Å²) in [7, 11) is -9.91. The van der Waals surface area contributed by atoms with Gasteiger partial charge in [-0.15, -0.1) is 0 Å². The van der Waals surface area contributed by atoms with Gasteiger partial charge in [-0.3, -0.25) is 37.3 Å². The third-order valence-electron chi connectivity index (χ3n) is 17.4. The Labute approximate surface area is 568 Å². The van der Waals surface area contributed by atoms with Crippen molar-refractivity contribution < 1.29 is 80.2 Å². The van der Waals surface area contributed by atoms with Gasteiger partial charge >= 0.3 is 39.5 Å². The molecule has 6 atom stereocenters. The number of esters is 4. The number of carbonyl (C=O) groups excluding carboxylic acids is 4. The Hall–Kier alpha value is -1.94. The third kappa shape index (κ3) is 67.0. The molecule has 3 unspecified atom stereocenters. The average molecular weight is 1370 g/mol. The maximum Gasteiger partial charge on any atom is 0.472 e. The number of phosphoric acid groups is 2. The van der Waals surface area contributed by atoms with Crippen molar-refractivity contribution in [2.75, 3.05) is 39.6 Å². The van der Waals surface area contributed by atoms with E-state index in [9.17, 15) is 43.2 Å². The molecule has 0 radical (unpaired) electrons. The van der Waals surface area contributed by atoms with Crippen LogP contribution < -0.4 is 0 Å². The number of ether oxygens (including phenoxy) is 4. The number of rotatable bonds is 71. The molecule has 0 saturated heterocycles. The molecule has 0 amide bonds. The molecular weight excluding hydrogens is 1220 g/mol.